The van der Waals surface area contributed by atoms with Crippen molar-refractivity contribution in [2.45, 2.75) is 37.8 Å². The summed E-state index contributed by atoms with van der Waals surface area (Å²) < 4.78 is 40.1. The first-order chi connectivity index (χ1) is 8.31. The minimum Gasteiger partial charge on any atom is -0.392 e. The summed E-state index contributed by atoms with van der Waals surface area (Å²) in [6.45, 7) is 2.87. The highest BCUT2D eigenvalue weighted by atomic mass is 35.5. The first kappa shape index (κ1) is 15.4. The molecule has 18 heavy (non-hydrogen) atoms. The van der Waals surface area contributed by atoms with Crippen molar-refractivity contribution in [1.29, 1.82) is 0 Å². The van der Waals surface area contributed by atoms with E-state index in [-0.39, 0.29) is 16.6 Å². The monoisotopic (exact) mass is 295 g/mol. The summed E-state index contributed by atoms with van der Waals surface area (Å²) >= 11 is 5.71. The normalized spacial score (nSPS) is 13.6. The Morgan fingerprint density at radius 3 is 2.61 bits per heavy atom. The summed E-state index contributed by atoms with van der Waals surface area (Å²) in [6, 6.07) is 1.91. The van der Waals surface area contributed by atoms with Gasteiger partial charge in [0.15, 0.2) is 0 Å². The lowest BCUT2D eigenvalue weighted by Gasteiger charge is -2.14. The predicted octanol–water partition coefficient (Wildman–Crippen LogP) is 2.05. The Labute approximate surface area is 111 Å². The first-order valence-electron chi connectivity index (χ1n) is 5.43. The van der Waals surface area contributed by atoms with Crippen LogP contribution in [-0.2, 0) is 16.6 Å². The largest absolute Gasteiger partial charge is 0.392 e. The van der Waals surface area contributed by atoms with Crippen LogP contribution in [-0.4, -0.2) is 19.6 Å². The summed E-state index contributed by atoms with van der Waals surface area (Å²) in [5.41, 5.74) is -0.146. The molecule has 7 heteroatoms. The van der Waals surface area contributed by atoms with Crippen LogP contribution in [0.2, 0.25) is 5.02 Å². The summed E-state index contributed by atoms with van der Waals surface area (Å²) in [5, 5.41) is 9.01. The molecule has 1 aromatic rings. The van der Waals surface area contributed by atoms with Gasteiger partial charge in [0.05, 0.1) is 6.61 Å². The van der Waals surface area contributed by atoms with Crippen molar-refractivity contribution in [2.24, 2.45) is 0 Å². The highest BCUT2D eigenvalue weighted by Gasteiger charge is 2.23. The van der Waals surface area contributed by atoms with Gasteiger partial charge in [-0.2, -0.15) is 0 Å². The zero-order valence-electron chi connectivity index (χ0n) is 10.1. The van der Waals surface area contributed by atoms with Crippen molar-refractivity contribution in [3.05, 3.63) is 28.5 Å². The molecule has 0 aliphatic rings. The van der Waals surface area contributed by atoms with Crippen LogP contribution in [0.5, 0.6) is 0 Å². The van der Waals surface area contributed by atoms with Crippen LogP contribution in [0.15, 0.2) is 17.0 Å². The number of rotatable bonds is 5. The SMILES string of the molecule is CCC(C)NS(=O)(=O)c1cc(Cl)cc(CO)c1F. The Hall–Kier alpha value is -0.690. The zero-order chi connectivity index (χ0) is 13.9. The van der Waals surface area contributed by atoms with E-state index in [1.54, 1.807) is 13.8 Å². The molecule has 0 bridgehead atoms. The quantitative estimate of drug-likeness (QED) is 0.874. The second kappa shape index (κ2) is 5.97. The highest BCUT2D eigenvalue weighted by Crippen LogP contribution is 2.24. The molecule has 4 nitrogen and oxygen atoms in total. The van der Waals surface area contributed by atoms with Crippen molar-refractivity contribution in [1.82, 2.24) is 4.72 Å². The van der Waals surface area contributed by atoms with Gasteiger partial charge in [-0.05, 0) is 25.5 Å². The maximum absolute atomic E-state index is 13.9. The van der Waals surface area contributed by atoms with E-state index in [0.717, 1.165) is 6.07 Å². The van der Waals surface area contributed by atoms with E-state index >= 15 is 0 Å². The molecule has 102 valence electrons. The minimum atomic E-state index is -3.98. The van der Waals surface area contributed by atoms with Crippen molar-refractivity contribution in [3.8, 4) is 0 Å². The number of hydrogen-bond donors (Lipinski definition) is 2. The number of sulfonamides is 1. The summed E-state index contributed by atoms with van der Waals surface area (Å²) in [4.78, 5) is -0.542. The number of hydrogen-bond acceptors (Lipinski definition) is 3. The van der Waals surface area contributed by atoms with Crippen LogP contribution in [0.1, 0.15) is 25.8 Å². The van der Waals surface area contributed by atoms with E-state index < -0.39 is 27.3 Å². The molecule has 0 heterocycles. The molecule has 0 saturated heterocycles. The van der Waals surface area contributed by atoms with Gasteiger partial charge < -0.3 is 5.11 Å². The van der Waals surface area contributed by atoms with Gasteiger partial charge in [-0.25, -0.2) is 17.5 Å². The molecule has 0 spiro atoms. The molecule has 2 N–H and O–H groups in total. The molecule has 0 radical (unpaired) electrons. The average molecular weight is 296 g/mol. The number of aliphatic hydroxyl groups is 1. The topological polar surface area (TPSA) is 66.4 Å². The van der Waals surface area contributed by atoms with Gasteiger partial charge in [0.1, 0.15) is 10.7 Å². The number of halogens is 2. The van der Waals surface area contributed by atoms with E-state index in [4.69, 9.17) is 16.7 Å². The fraction of sp³-hybridized carbons (Fsp3) is 0.455. The lowest BCUT2D eigenvalue weighted by molar-refractivity contribution is 0.274. The molecule has 0 aliphatic carbocycles. The van der Waals surface area contributed by atoms with Crippen molar-refractivity contribution in [2.75, 3.05) is 0 Å². The van der Waals surface area contributed by atoms with E-state index in [1.165, 1.54) is 6.07 Å². The molecule has 1 unspecified atom stereocenters. The summed E-state index contributed by atoms with van der Waals surface area (Å²) in [7, 11) is -3.98. The zero-order valence-corrected chi connectivity index (χ0v) is 11.6. The minimum absolute atomic E-state index is 0.0602. The van der Waals surface area contributed by atoms with E-state index in [0.29, 0.717) is 6.42 Å². The standard InChI is InChI=1S/C11H15ClFNO3S/c1-3-7(2)14-18(16,17)10-5-9(12)4-8(6-15)11(10)13/h4-5,7,14-15H,3,6H2,1-2H3. The second-order valence-corrected chi connectivity index (χ2v) is 6.08. The van der Waals surface area contributed by atoms with Gasteiger partial charge in [-0.3, -0.25) is 0 Å². The van der Waals surface area contributed by atoms with Gasteiger partial charge in [-0.15, -0.1) is 0 Å². The summed E-state index contributed by atoms with van der Waals surface area (Å²) in [6.07, 6.45) is 0.578. The summed E-state index contributed by atoms with van der Waals surface area (Å²) in [5.74, 6) is -0.974. The van der Waals surface area contributed by atoms with E-state index in [9.17, 15) is 12.8 Å². The molecule has 0 saturated carbocycles. The number of aliphatic hydroxyl groups excluding tert-OH is 1. The van der Waals surface area contributed by atoms with Crippen LogP contribution >= 0.6 is 11.6 Å². The molecule has 1 rings (SSSR count). The molecule has 1 aromatic carbocycles. The van der Waals surface area contributed by atoms with Crippen molar-refractivity contribution >= 4 is 21.6 Å². The second-order valence-electron chi connectivity index (χ2n) is 3.97. The van der Waals surface area contributed by atoms with Crippen LogP contribution in [0.25, 0.3) is 0 Å². The van der Waals surface area contributed by atoms with Crippen molar-refractivity contribution in [3.63, 3.8) is 0 Å². The lowest BCUT2D eigenvalue weighted by Crippen LogP contribution is -2.32. The third-order valence-electron chi connectivity index (χ3n) is 2.51. The van der Waals surface area contributed by atoms with Crippen molar-refractivity contribution < 1.29 is 17.9 Å². The average Bonchev–Trinajstić information content (AvgIpc) is 2.30. The third kappa shape index (κ3) is 3.41. The van der Waals surface area contributed by atoms with Gasteiger partial charge in [0.2, 0.25) is 10.0 Å². The van der Waals surface area contributed by atoms with Gasteiger partial charge >= 0.3 is 0 Å². The Kier molecular flexibility index (Phi) is 5.10. The molecular weight excluding hydrogens is 281 g/mol. The van der Waals surface area contributed by atoms with Gasteiger partial charge in [0.25, 0.3) is 0 Å². The Morgan fingerprint density at radius 1 is 1.50 bits per heavy atom. The molecule has 0 aliphatic heterocycles. The maximum Gasteiger partial charge on any atom is 0.243 e. The lowest BCUT2D eigenvalue weighted by atomic mass is 10.2. The van der Waals surface area contributed by atoms with Crippen LogP contribution in [0.4, 0.5) is 4.39 Å². The first-order valence-corrected chi connectivity index (χ1v) is 7.29. The molecule has 0 amide bonds. The smallest absolute Gasteiger partial charge is 0.243 e. The fourth-order valence-electron chi connectivity index (χ4n) is 1.34. The number of nitrogens with one attached hydrogen (secondary N) is 1. The Morgan fingerprint density at radius 2 is 2.11 bits per heavy atom. The van der Waals surface area contributed by atoms with Crippen LogP contribution in [0, 0.1) is 5.82 Å². The molecular formula is C11H15ClFNO3S. The van der Waals surface area contributed by atoms with Gasteiger partial charge in [-0.1, -0.05) is 18.5 Å². The molecule has 0 fully saturated rings. The fourth-order valence-corrected chi connectivity index (χ4v) is 3.12. The van der Waals surface area contributed by atoms with E-state index in [1.807, 2.05) is 0 Å². The van der Waals surface area contributed by atoms with Gasteiger partial charge in [0, 0.05) is 16.6 Å². The predicted molar refractivity (Wildman–Crippen MR) is 67.4 cm³/mol. The highest BCUT2D eigenvalue weighted by molar-refractivity contribution is 7.89. The van der Waals surface area contributed by atoms with Crippen LogP contribution in [0.3, 0.4) is 0 Å². The third-order valence-corrected chi connectivity index (χ3v) is 4.31. The number of benzene rings is 1. The Bertz CT molecular complexity index is 533. The maximum atomic E-state index is 13.9. The molecule has 1 atom stereocenters. The van der Waals surface area contributed by atoms with E-state index in [2.05, 4.69) is 4.72 Å². The Balaban J connectivity index is 3.28. The van der Waals surface area contributed by atoms with Crippen LogP contribution < -0.4 is 4.72 Å². The molecule has 0 aromatic heterocycles.